The average Bonchev–Trinajstić information content (AvgIpc) is 2.62. The Hall–Kier alpha value is -3.01. The lowest BCUT2D eigenvalue weighted by atomic mass is 9.81. The third-order valence-electron chi connectivity index (χ3n) is 4.06. The molecule has 0 aliphatic carbocycles. The molecule has 1 heterocycles. The van der Waals surface area contributed by atoms with Gasteiger partial charge >= 0.3 is 0 Å². The third-order valence-corrected chi connectivity index (χ3v) is 4.38. The highest BCUT2D eigenvalue weighted by Crippen LogP contribution is 2.36. The summed E-state index contributed by atoms with van der Waals surface area (Å²) in [5.41, 5.74) is 3.10. The van der Waals surface area contributed by atoms with Crippen molar-refractivity contribution >= 4 is 34.7 Å². The lowest BCUT2D eigenvalue weighted by Crippen LogP contribution is -2.36. The number of allylic oxidation sites excluding steroid dienone is 1. The molecule has 0 bridgehead atoms. The molecule has 25 heavy (non-hydrogen) atoms. The molecule has 0 aromatic heterocycles. The summed E-state index contributed by atoms with van der Waals surface area (Å²) < 4.78 is 0. The van der Waals surface area contributed by atoms with Gasteiger partial charge in [0.25, 0.3) is 5.91 Å². The van der Waals surface area contributed by atoms with E-state index >= 15 is 0 Å². The Morgan fingerprint density at radius 2 is 1.72 bits per heavy atom. The van der Waals surface area contributed by atoms with Gasteiger partial charge in [0.15, 0.2) is 0 Å². The maximum absolute atomic E-state index is 13.0. The smallest absolute Gasteiger partial charge is 0.254 e. The fraction of sp³-hybridized carbons (Fsp3) is 0.100. The van der Waals surface area contributed by atoms with Crippen LogP contribution >= 0.6 is 12.2 Å². The van der Waals surface area contributed by atoms with Crippen molar-refractivity contribution in [1.82, 2.24) is 5.32 Å². The van der Waals surface area contributed by atoms with E-state index in [1.165, 1.54) is 0 Å². The molecule has 0 saturated carbocycles. The Bertz CT molecular complexity index is 897. The van der Waals surface area contributed by atoms with Crippen molar-refractivity contribution in [3.05, 3.63) is 88.5 Å². The Morgan fingerprint density at radius 3 is 2.32 bits per heavy atom. The molecule has 2 N–H and O–H groups in total. The molecule has 0 radical (unpaired) electrons. The van der Waals surface area contributed by atoms with Crippen LogP contribution in [0.5, 0.6) is 0 Å². The van der Waals surface area contributed by atoms with Gasteiger partial charge in [0, 0.05) is 28.4 Å². The Kier molecular flexibility index (Phi) is 4.89. The minimum atomic E-state index is -0.483. The fourth-order valence-corrected chi connectivity index (χ4v) is 3.23. The molecule has 1 amide bonds. The first-order chi connectivity index (χ1) is 12.1. The Morgan fingerprint density at radius 1 is 1.12 bits per heavy atom. The number of amides is 1. The molecule has 124 valence electrons. The fourth-order valence-electron chi connectivity index (χ4n) is 2.91. The number of nitrogens with zero attached hydrogens (tertiary/aromatic N) is 1. The van der Waals surface area contributed by atoms with E-state index in [0.717, 1.165) is 5.56 Å². The van der Waals surface area contributed by atoms with Crippen LogP contribution in [0.4, 0.5) is 5.69 Å². The summed E-state index contributed by atoms with van der Waals surface area (Å²) in [4.78, 5) is 13.3. The van der Waals surface area contributed by atoms with Gasteiger partial charge in [0.2, 0.25) is 0 Å². The first-order valence-electron chi connectivity index (χ1n) is 7.82. The number of nitrogens with one attached hydrogen (secondary N) is 2. The summed E-state index contributed by atoms with van der Waals surface area (Å²) in [6.07, 6.45) is 0. The highest BCUT2D eigenvalue weighted by Gasteiger charge is 2.33. The zero-order valence-corrected chi connectivity index (χ0v) is 14.4. The number of anilines is 1. The maximum atomic E-state index is 13.0. The van der Waals surface area contributed by atoms with Crippen LogP contribution in [-0.4, -0.2) is 16.8 Å². The average molecular weight is 346 g/mol. The van der Waals surface area contributed by atoms with Crippen molar-refractivity contribution in [3.8, 4) is 0 Å². The first-order valence-corrected chi connectivity index (χ1v) is 8.23. The van der Waals surface area contributed by atoms with Crippen molar-refractivity contribution in [1.29, 1.82) is 0 Å². The van der Waals surface area contributed by atoms with E-state index in [1.807, 2.05) is 60.7 Å². The second-order valence-electron chi connectivity index (χ2n) is 5.68. The Labute approximate surface area is 151 Å². The number of benzene rings is 2. The van der Waals surface area contributed by atoms with Crippen LogP contribution in [0.15, 0.2) is 77.5 Å². The van der Waals surface area contributed by atoms with Gasteiger partial charge in [-0.1, -0.05) is 60.7 Å². The van der Waals surface area contributed by atoms with Gasteiger partial charge in [-0.15, -0.1) is 0 Å². The molecule has 2 aromatic rings. The topological polar surface area (TPSA) is 63.4 Å². The number of rotatable bonds is 3. The van der Waals surface area contributed by atoms with E-state index in [4.69, 9.17) is 12.2 Å². The number of thiocarbonyl (C=S) groups is 1. The van der Waals surface area contributed by atoms with Gasteiger partial charge in [-0.05, 0) is 24.6 Å². The number of hydrogen-bond donors (Lipinski definition) is 2. The molecule has 1 unspecified atom stereocenters. The minimum absolute atomic E-state index is 0.250. The summed E-state index contributed by atoms with van der Waals surface area (Å²) >= 11 is 5.31. The van der Waals surface area contributed by atoms with E-state index < -0.39 is 5.92 Å². The van der Waals surface area contributed by atoms with E-state index in [1.54, 1.807) is 6.92 Å². The predicted molar refractivity (Wildman–Crippen MR) is 105 cm³/mol. The zero-order chi connectivity index (χ0) is 17.8. The highest BCUT2D eigenvalue weighted by molar-refractivity contribution is 7.80. The summed E-state index contributed by atoms with van der Waals surface area (Å²) in [6, 6.07) is 18.7. The summed E-state index contributed by atoms with van der Waals surface area (Å²) in [7, 11) is 0. The van der Waals surface area contributed by atoms with Gasteiger partial charge in [0.05, 0.1) is 0 Å². The molecular weight excluding hydrogens is 330 g/mol. The zero-order valence-electron chi connectivity index (χ0n) is 13.6. The first kappa shape index (κ1) is 16.8. The van der Waals surface area contributed by atoms with Crippen LogP contribution in [-0.2, 0) is 4.79 Å². The van der Waals surface area contributed by atoms with E-state index in [-0.39, 0.29) is 5.91 Å². The number of hydrogen-bond acceptors (Lipinski definition) is 2. The second-order valence-corrected chi connectivity index (χ2v) is 6.09. The third kappa shape index (κ3) is 3.43. The molecule has 1 aliphatic heterocycles. The molecule has 4 nitrogen and oxygen atoms in total. The highest BCUT2D eigenvalue weighted by atomic mass is 32.1. The second kappa shape index (κ2) is 7.26. The maximum Gasteiger partial charge on any atom is 0.254 e. The minimum Gasteiger partial charge on any atom is -0.763 e. The molecule has 5 heteroatoms. The quantitative estimate of drug-likeness (QED) is 0.505. The lowest BCUT2D eigenvalue weighted by molar-refractivity contribution is -0.113. The van der Waals surface area contributed by atoms with Crippen LogP contribution in [0.3, 0.4) is 0 Å². The van der Waals surface area contributed by atoms with Gasteiger partial charge in [-0.25, -0.2) is 0 Å². The molecular formula is C20H16N3OS-. The van der Waals surface area contributed by atoms with Gasteiger partial charge < -0.3 is 16.0 Å². The number of carbonyl (C=O) groups is 1. The molecule has 2 aromatic carbocycles. The standard InChI is InChI=1S/C20H16N3OS/c1-13-17(19(24)23-15-10-6-3-7-11-15)18(14-8-4-2-5-9-14)16(12-21)20(25)22-13/h2-11,18H,1H3,(H,22,25)(H,23,24)/q-1. The Balaban J connectivity index is 2.07. The van der Waals surface area contributed by atoms with Gasteiger partial charge in [-0.2, -0.15) is 0 Å². The van der Waals surface area contributed by atoms with E-state index in [2.05, 4.69) is 16.5 Å². The summed E-state index contributed by atoms with van der Waals surface area (Å²) in [5.74, 6) is 1.44. The molecule has 3 rings (SSSR count). The normalized spacial score (nSPS) is 16.9. The van der Waals surface area contributed by atoms with Gasteiger partial charge in [-0.3, -0.25) is 10.7 Å². The SMILES string of the molecule is CC1=C(C(=O)Nc2ccccc2)C(c2ccccc2)C(=C=[N-])C(=S)N1. The van der Waals surface area contributed by atoms with Crippen LogP contribution in [0.2, 0.25) is 0 Å². The molecule has 1 aliphatic rings. The number of carbonyl (C=O) groups excluding carboxylic acids is 1. The van der Waals surface area contributed by atoms with Gasteiger partial charge in [0.1, 0.15) is 4.99 Å². The van der Waals surface area contributed by atoms with Crippen LogP contribution in [0.25, 0.3) is 5.41 Å². The van der Waals surface area contributed by atoms with E-state index in [0.29, 0.717) is 27.5 Å². The summed E-state index contributed by atoms with van der Waals surface area (Å²) in [5, 5.41) is 15.5. The van der Waals surface area contributed by atoms with Crippen molar-refractivity contribution < 1.29 is 4.79 Å². The lowest BCUT2D eigenvalue weighted by Gasteiger charge is -2.31. The van der Waals surface area contributed by atoms with Crippen LogP contribution < -0.4 is 10.6 Å². The van der Waals surface area contributed by atoms with Crippen molar-refractivity contribution in [2.75, 3.05) is 5.32 Å². The number of para-hydroxylation sites is 1. The summed E-state index contributed by atoms with van der Waals surface area (Å²) in [6.45, 7) is 1.80. The molecule has 0 spiro atoms. The largest absolute Gasteiger partial charge is 0.763 e. The van der Waals surface area contributed by atoms with Crippen LogP contribution in [0.1, 0.15) is 18.4 Å². The van der Waals surface area contributed by atoms with Crippen molar-refractivity contribution in [3.63, 3.8) is 0 Å². The molecule has 0 saturated heterocycles. The van der Waals surface area contributed by atoms with Crippen molar-refractivity contribution in [2.45, 2.75) is 12.8 Å². The van der Waals surface area contributed by atoms with Crippen molar-refractivity contribution in [2.24, 2.45) is 0 Å². The van der Waals surface area contributed by atoms with Crippen LogP contribution in [0, 0.1) is 0 Å². The molecule has 0 fully saturated rings. The van der Waals surface area contributed by atoms with E-state index in [9.17, 15) is 10.2 Å². The molecule has 1 atom stereocenters. The predicted octanol–water partition coefficient (Wildman–Crippen LogP) is 3.78. The monoisotopic (exact) mass is 346 g/mol.